The molecule has 0 aromatic rings. The van der Waals surface area contributed by atoms with Crippen LogP contribution in [0.2, 0.25) is 0 Å². The maximum absolute atomic E-state index is 3.44. The average Bonchev–Trinajstić information content (AvgIpc) is 2.20. The molecule has 16 heavy (non-hydrogen) atoms. The average molecular weight is 293 g/mol. The van der Waals surface area contributed by atoms with E-state index in [2.05, 4.69) is 22.5 Å². The van der Waals surface area contributed by atoms with Crippen LogP contribution in [0, 0.1) is 0 Å². The molecule has 0 amide bonds. The minimum absolute atomic E-state index is 0. The third kappa shape index (κ3) is 4.55. The van der Waals surface area contributed by atoms with Gasteiger partial charge in [0.1, 0.15) is 0 Å². The maximum atomic E-state index is 3.44. The number of piperazine rings is 1. The molecule has 100 valence electrons. The van der Waals surface area contributed by atoms with E-state index in [1.165, 1.54) is 52.1 Å². The SMILES string of the molecule is CC1(N2CCNCC2)CCNCC1.Cl.Cl.Cl. The van der Waals surface area contributed by atoms with Crippen molar-refractivity contribution in [3.8, 4) is 0 Å². The molecule has 2 heterocycles. The fourth-order valence-electron chi connectivity index (χ4n) is 2.49. The Kier molecular flexibility index (Phi) is 10.5. The largest absolute Gasteiger partial charge is 0.317 e. The lowest BCUT2D eigenvalue weighted by molar-refractivity contribution is 0.0605. The lowest BCUT2D eigenvalue weighted by atomic mass is 9.88. The van der Waals surface area contributed by atoms with Gasteiger partial charge in [0.05, 0.1) is 0 Å². The summed E-state index contributed by atoms with van der Waals surface area (Å²) in [7, 11) is 0. The summed E-state index contributed by atoms with van der Waals surface area (Å²) in [5.74, 6) is 0. The number of rotatable bonds is 1. The predicted octanol–water partition coefficient (Wildman–Crippen LogP) is 1.30. The molecule has 0 unspecified atom stereocenters. The highest BCUT2D eigenvalue weighted by Gasteiger charge is 2.33. The van der Waals surface area contributed by atoms with Gasteiger partial charge >= 0.3 is 0 Å². The normalized spacial score (nSPS) is 24.6. The number of hydrogen-bond donors (Lipinski definition) is 2. The Labute approximate surface area is 117 Å². The second-order valence-electron chi connectivity index (χ2n) is 4.48. The van der Waals surface area contributed by atoms with Crippen LogP contribution in [0.3, 0.4) is 0 Å². The standard InChI is InChI=1S/C10H21N3.3ClH/c1-10(2-4-11-5-3-10)13-8-6-12-7-9-13;;;/h11-12H,2-9H2,1H3;3*1H. The molecule has 0 aromatic carbocycles. The van der Waals surface area contributed by atoms with Crippen molar-refractivity contribution in [2.24, 2.45) is 0 Å². The van der Waals surface area contributed by atoms with Gasteiger partial charge in [-0.05, 0) is 32.9 Å². The van der Waals surface area contributed by atoms with Crippen LogP contribution in [0.25, 0.3) is 0 Å². The van der Waals surface area contributed by atoms with Crippen LogP contribution in [-0.2, 0) is 0 Å². The fraction of sp³-hybridized carbons (Fsp3) is 1.00. The molecule has 3 nitrogen and oxygen atoms in total. The van der Waals surface area contributed by atoms with Gasteiger partial charge in [0.25, 0.3) is 0 Å². The first-order valence-electron chi connectivity index (χ1n) is 5.48. The second-order valence-corrected chi connectivity index (χ2v) is 4.48. The van der Waals surface area contributed by atoms with Gasteiger partial charge in [0, 0.05) is 31.7 Å². The predicted molar refractivity (Wildman–Crippen MR) is 76.7 cm³/mol. The molecule has 2 saturated heterocycles. The molecule has 0 aromatic heterocycles. The van der Waals surface area contributed by atoms with Gasteiger partial charge in [0.15, 0.2) is 0 Å². The van der Waals surface area contributed by atoms with E-state index >= 15 is 0 Å². The van der Waals surface area contributed by atoms with E-state index in [0.29, 0.717) is 5.54 Å². The molecular weight excluding hydrogens is 268 g/mol. The molecule has 2 fully saturated rings. The van der Waals surface area contributed by atoms with E-state index in [-0.39, 0.29) is 37.2 Å². The van der Waals surface area contributed by atoms with Crippen LogP contribution >= 0.6 is 37.2 Å². The molecule has 0 saturated carbocycles. The first-order valence-corrected chi connectivity index (χ1v) is 5.48. The highest BCUT2D eigenvalue weighted by atomic mass is 35.5. The summed E-state index contributed by atoms with van der Waals surface area (Å²) in [5, 5.41) is 6.85. The molecule has 0 radical (unpaired) electrons. The minimum Gasteiger partial charge on any atom is -0.317 e. The van der Waals surface area contributed by atoms with Crippen LogP contribution in [0.5, 0.6) is 0 Å². The molecule has 0 atom stereocenters. The van der Waals surface area contributed by atoms with Gasteiger partial charge < -0.3 is 10.6 Å². The third-order valence-electron chi connectivity index (χ3n) is 3.56. The lowest BCUT2D eigenvalue weighted by Crippen LogP contribution is -2.58. The summed E-state index contributed by atoms with van der Waals surface area (Å²) in [5.41, 5.74) is 0.480. The van der Waals surface area contributed by atoms with Crippen molar-refractivity contribution in [2.45, 2.75) is 25.3 Å². The number of nitrogens with zero attached hydrogens (tertiary/aromatic N) is 1. The van der Waals surface area contributed by atoms with Gasteiger partial charge in [-0.15, -0.1) is 37.2 Å². The Morgan fingerprint density at radius 2 is 1.25 bits per heavy atom. The summed E-state index contributed by atoms with van der Waals surface area (Å²) >= 11 is 0. The van der Waals surface area contributed by atoms with Crippen molar-refractivity contribution < 1.29 is 0 Å². The van der Waals surface area contributed by atoms with Crippen molar-refractivity contribution in [2.75, 3.05) is 39.3 Å². The highest BCUT2D eigenvalue weighted by Crippen LogP contribution is 2.25. The van der Waals surface area contributed by atoms with Crippen molar-refractivity contribution in [1.29, 1.82) is 0 Å². The van der Waals surface area contributed by atoms with E-state index in [1.807, 2.05) is 0 Å². The Bertz CT molecular complexity index is 169. The van der Waals surface area contributed by atoms with Gasteiger partial charge in [-0.2, -0.15) is 0 Å². The summed E-state index contributed by atoms with van der Waals surface area (Å²) in [6, 6.07) is 0. The van der Waals surface area contributed by atoms with Crippen molar-refractivity contribution in [3.05, 3.63) is 0 Å². The maximum Gasteiger partial charge on any atom is 0.0206 e. The van der Waals surface area contributed by atoms with Crippen LogP contribution in [-0.4, -0.2) is 49.7 Å². The quantitative estimate of drug-likeness (QED) is 0.763. The molecule has 0 aliphatic carbocycles. The van der Waals surface area contributed by atoms with E-state index in [0.717, 1.165) is 0 Å². The molecule has 0 spiro atoms. The molecule has 2 rings (SSSR count). The van der Waals surface area contributed by atoms with Gasteiger partial charge in [-0.25, -0.2) is 0 Å². The number of nitrogens with one attached hydrogen (secondary N) is 2. The highest BCUT2D eigenvalue weighted by molar-refractivity contribution is 5.86. The van der Waals surface area contributed by atoms with Crippen molar-refractivity contribution in [3.63, 3.8) is 0 Å². The monoisotopic (exact) mass is 291 g/mol. The third-order valence-corrected chi connectivity index (χ3v) is 3.56. The Morgan fingerprint density at radius 1 is 0.812 bits per heavy atom. The van der Waals surface area contributed by atoms with Crippen LogP contribution < -0.4 is 10.6 Å². The summed E-state index contributed by atoms with van der Waals surface area (Å²) in [6.45, 7) is 9.62. The van der Waals surface area contributed by atoms with E-state index in [1.54, 1.807) is 0 Å². The Balaban J connectivity index is 0. The number of hydrogen-bond acceptors (Lipinski definition) is 3. The second kappa shape index (κ2) is 8.78. The Hall–Kier alpha value is 0.750. The van der Waals surface area contributed by atoms with Crippen molar-refractivity contribution in [1.82, 2.24) is 15.5 Å². The lowest BCUT2D eigenvalue weighted by Gasteiger charge is -2.46. The van der Waals surface area contributed by atoms with E-state index in [9.17, 15) is 0 Å². The molecule has 6 heteroatoms. The molecule has 2 aliphatic rings. The zero-order valence-electron chi connectivity index (χ0n) is 9.83. The van der Waals surface area contributed by atoms with Crippen LogP contribution in [0.4, 0.5) is 0 Å². The molecule has 2 N–H and O–H groups in total. The van der Waals surface area contributed by atoms with Gasteiger partial charge in [-0.3, -0.25) is 4.90 Å². The zero-order valence-corrected chi connectivity index (χ0v) is 12.3. The van der Waals surface area contributed by atoms with E-state index < -0.39 is 0 Å². The van der Waals surface area contributed by atoms with Gasteiger partial charge in [0.2, 0.25) is 0 Å². The fourth-order valence-corrected chi connectivity index (χ4v) is 2.49. The summed E-state index contributed by atoms with van der Waals surface area (Å²) in [4.78, 5) is 2.67. The first kappa shape index (κ1) is 19.1. The van der Waals surface area contributed by atoms with E-state index in [4.69, 9.17) is 0 Å². The topological polar surface area (TPSA) is 27.3 Å². The van der Waals surface area contributed by atoms with Crippen molar-refractivity contribution >= 4 is 37.2 Å². The molecule has 0 bridgehead atoms. The Morgan fingerprint density at radius 3 is 1.75 bits per heavy atom. The number of halogens is 3. The number of piperidine rings is 1. The summed E-state index contributed by atoms with van der Waals surface area (Å²) in [6.07, 6.45) is 2.62. The van der Waals surface area contributed by atoms with Crippen LogP contribution in [0.1, 0.15) is 19.8 Å². The smallest absolute Gasteiger partial charge is 0.0206 e. The zero-order chi connectivity index (χ0) is 9.15. The van der Waals surface area contributed by atoms with Gasteiger partial charge in [-0.1, -0.05) is 0 Å². The minimum atomic E-state index is 0. The van der Waals surface area contributed by atoms with Crippen LogP contribution in [0.15, 0.2) is 0 Å². The summed E-state index contributed by atoms with van der Waals surface area (Å²) < 4.78 is 0. The molecular formula is C10H24Cl3N3. The first-order chi connectivity index (χ1) is 6.31. The molecule has 2 aliphatic heterocycles.